The molecular weight excluding hydrogens is 186 g/mol. The Morgan fingerprint density at radius 1 is 1.54 bits per heavy atom. The number of aliphatic hydroxyl groups is 1. The van der Waals surface area contributed by atoms with E-state index in [1.54, 1.807) is 20.0 Å². The lowest BCUT2D eigenvalue weighted by atomic mass is 10.1. The molecule has 0 saturated carbocycles. The first kappa shape index (κ1) is 8.52. The second-order valence-electron chi connectivity index (χ2n) is 3.25. The summed E-state index contributed by atoms with van der Waals surface area (Å²) in [5.41, 5.74) is 2.30. The quantitative estimate of drug-likeness (QED) is 0.738. The highest BCUT2D eigenvalue weighted by Gasteiger charge is 2.20. The third-order valence-corrected chi connectivity index (χ3v) is 2.28. The normalized spacial score (nSPS) is 12.2. The van der Waals surface area contributed by atoms with Crippen LogP contribution >= 0.6 is 11.3 Å². The summed E-state index contributed by atoms with van der Waals surface area (Å²) >= 11 is 1.36. The fourth-order valence-corrected chi connectivity index (χ4v) is 1.44. The van der Waals surface area contributed by atoms with E-state index in [0.717, 1.165) is 4.70 Å². The highest BCUT2D eigenvalue weighted by molar-refractivity contribution is 7.16. The first-order valence-corrected chi connectivity index (χ1v) is 4.61. The summed E-state index contributed by atoms with van der Waals surface area (Å²) in [7, 11) is 0. The van der Waals surface area contributed by atoms with Crippen LogP contribution in [0.3, 0.4) is 0 Å². The molecule has 0 atom stereocenters. The number of rotatable bonds is 1. The molecule has 0 spiro atoms. The zero-order valence-electron chi connectivity index (χ0n) is 7.27. The molecule has 0 aromatic carbocycles. The van der Waals surface area contributed by atoms with E-state index in [-0.39, 0.29) is 0 Å². The zero-order valence-corrected chi connectivity index (χ0v) is 8.09. The summed E-state index contributed by atoms with van der Waals surface area (Å²) in [6, 6.07) is 0. The lowest BCUT2D eigenvalue weighted by Crippen LogP contribution is -2.19. The Labute approximate surface area is 79.3 Å². The van der Waals surface area contributed by atoms with Crippen LogP contribution in [0.25, 0.3) is 10.3 Å². The Hall–Kier alpha value is -1.07. The maximum Gasteiger partial charge on any atom is 0.174 e. The van der Waals surface area contributed by atoms with E-state index in [0.29, 0.717) is 11.5 Å². The number of thiazole rings is 1. The summed E-state index contributed by atoms with van der Waals surface area (Å²) < 4.78 is 0.882. The van der Waals surface area contributed by atoms with Crippen LogP contribution in [0.5, 0.6) is 0 Å². The van der Waals surface area contributed by atoms with Crippen LogP contribution in [0.4, 0.5) is 0 Å². The van der Waals surface area contributed by atoms with Crippen LogP contribution in [0, 0.1) is 5.51 Å². The molecule has 0 aliphatic carbocycles. The molecule has 4 nitrogen and oxygen atoms in total. The second kappa shape index (κ2) is 2.71. The van der Waals surface area contributed by atoms with Gasteiger partial charge >= 0.3 is 0 Å². The number of fused-ring (bicyclic) bond motifs is 1. The maximum atomic E-state index is 9.63. The second-order valence-corrected chi connectivity index (χ2v) is 4.07. The van der Waals surface area contributed by atoms with E-state index in [1.807, 2.05) is 0 Å². The molecule has 2 aromatic rings. The molecule has 2 heterocycles. The summed E-state index contributed by atoms with van der Waals surface area (Å²) in [5.74, 6) is 0.388. The van der Waals surface area contributed by atoms with Crippen molar-refractivity contribution in [1.29, 1.82) is 0 Å². The maximum absolute atomic E-state index is 9.63. The van der Waals surface area contributed by atoms with Crippen molar-refractivity contribution in [2.24, 2.45) is 0 Å². The van der Waals surface area contributed by atoms with E-state index < -0.39 is 5.60 Å². The molecule has 2 aromatic heterocycles. The molecule has 0 amide bonds. The predicted molar refractivity (Wildman–Crippen MR) is 49.3 cm³/mol. The molecule has 0 aliphatic rings. The van der Waals surface area contributed by atoms with E-state index in [9.17, 15) is 5.11 Å². The van der Waals surface area contributed by atoms with Crippen LogP contribution in [-0.4, -0.2) is 20.1 Å². The van der Waals surface area contributed by atoms with Gasteiger partial charge in [0.15, 0.2) is 17.0 Å². The van der Waals surface area contributed by atoms with Gasteiger partial charge in [0.25, 0.3) is 0 Å². The Morgan fingerprint density at radius 3 is 3.00 bits per heavy atom. The summed E-state index contributed by atoms with van der Waals surface area (Å²) in [5, 5.41) is 9.63. The lowest BCUT2D eigenvalue weighted by Gasteiger charge is -2.13. The Morgan fingerprint density at radius 2 is 2.31 bits per heavy atom. The molecule has 67 valence electrons. The van der Waals surface area contributed by atoms with Gasteiger partial charge in [-0.15, -0.1) is 11.3 Å². The van der Waals surface area contributed by atoms with Gasteiger partial charge < -0.3 is 5.11 Å². The largest absolute Gasteiger partial charge is 0.382 e. The Balaban J connectivity index is 2.61. The SMILES string of the molecule is CC(C)(O)c1ncc2s[c]nc2n1. The van der Waals surface area contributed by atoms with Gasteiger partial charge in [-0.1, -0.05) is 0 Å². The summed E-state index contributed by atoms with van der Waals surface area (Å²) in [6.45, 7) is 3.29. The van der Waals surface area contributed by atoms with Gasteiger partial charge in [0.05, 0.1) is 10.9 Å². The van der Waals surface area contributed by atoms with Crippen LogP contribution in [0.1, 0.15) is 19.7 Å². The van der Waals surface area contributed by atoms with Crippen molar-refractivity contribution in [3.05, 3.63) is 17.5 Å². The Bertz CT molecular complexity index is 432. The summed E-state index contributed by atoms with van der Waals surface area (Å²) in [6.07, 6.45) is 1.66. The van der Waals surface area contributed by atoms with Gasteiger partial charge in [0, 0.05) is 0 Å². The van der Waals surface area contributed by atoms with Gasteiger partial charge in [0.2, 0.25) is 0 Å². The van der Waals surface area contributed by atoms with Crippen molar-refractivity contribution in [1.82, 2.24) is 15.0 Å². The third kappa shape index (κ3) is 1.52. The van der Waals surface area contributed by atoms with Gasteiger partial charge in [-0.3, -0.25) is 0 Å². The monoisotopic (exact) mass is 194 g/mol. The smallest absolute Gasteiger partial charge is 0.174 e. The zero-order chi connectivity index (χ0) is 9.47. The van der Waals surface area contributed by atoms with Crippen molar-refractivity contribution < 1.29 is 5.11 Å². The number of hydrogen-bond donors (Lipinski definition) is 1. The third-order valence-electron chi connectivity index (χ3n) is 1.59. The molecule has 0 fully saturated rings. The van der Waals surface area contributed by atoms with E-state index in [2.05, 4.69) is 20.5 Å². The van der Waals surface area contributed by atoms with Crippen molar-refractivity contribution in [3.63, 3.8) is 0 Å². The molecule has 5 heteroatoms. The van der Waals surface area contributed by atoms with Crippen LogP contribution in [0.15, 0.2) is 6.20 Å². The molecule has 2 rings (SSSR count). The van der Waals surface area contributed by atoms with Gasteiger partial charge in [-0.05, 0) is 13.8 Å². The average Bonchev–Trinajstić information content (AvgIpc) is 2.47. The number of nitrogens with zero attached hydrogens (tertiary/aromatic N) is 3. The fourth-order valence-electron chi connectivity index (χ4n) is 0.924. The fraction of sp³-hybridized carbons (Fsp3) is 0.375. The van der Waals surface area contributed by atoms with Crippen molar-refractivity contribution in [3.8, 4) is 0 Å². The minimum absolute atomic E-state index is 0.388. The van der Waals surface area contributed by atoms with Crippen molar-refractivity contribution >= 4 is 21.7 Å². The van der Waals surface area contributed by atoms with Crippen LogP contribution < -0.4 is 0 Å². The van der Waals surface area contributed by atoms with Gasteiger partial charge in [0.1, 0.15) is 5.60 Å². The van der Waals surface area contributed by atoms with Crippen LogP contribution in [0.2, 0.25) is 0 Å². The molecule has 0 unspecified atom stereocenters. The molecular formula is C8H8N3OS. The van der Waals surface area contributed by atoms with Gasteiger partial charge in [-0.25, -0.2) is 15.0 Å². The van der Waals surface area contributed by atoms with Crippen molar-refractivity contribution in [2.45, 2.75) is 19.4 Å². The standard InChI is InChI=1S/C8H8N3OS/c1-8(2,12)7-9-3-5-6(11-7)10-4-13-5/h3,12H,1-2H3. The topological polar surface area (TPSA) is 58.9 Å². The molecule has 0 bridgehead atoms. The highest BCUT2D eigenvalue weighted by Crippen LogP contribution is 2.19. The molecule has 0 aliphatic heterocycles. The predicted octanol–water partition coefficient (Wildman–Crippen LogP) is 1.11. The first-order valence-electron chi connectivity index (χ1n) is 3.80. The molecule has 1 N–H and O–H groups in total. The molecule has 0 saturated heterocycles. The molecule has 13 heavy (non-hydrogen) atoms. The van der Waals surface area contributed by atoms with E-state index in [4.69, 9.17) is 0 Å². The Kier molecular flexibility index (Phi) is 1.78. The van der Waals surface area contributed by atoms with E-state index in [1.165, 1.54) is 11.3 Å². The number of hydrogen-bond acceptors (Lipinski definition) is 5. The highest BCUT2D eigenvalue weighted by atomic mass is 32.1. The lowest BCUT2D eigenvalue weighted by molar-refractivity contribution is 0.0691. The molecule has 1 radical (unpaired) electrons. The summed E-state index contributed by atoms with van der Waals surface area (Å²) in [4.78, 5) is 12.1. The first-order chi connectivity index (χ1) is 6.07. The van der Waals surface area contributed by atoms with Gasteiger partial charge in [-0.2, -0.15) is 0 Å². The van der Waals surface area contributed by atoms with E-state index >= 15 is 0 Å². The number of aromatic nitrogens is 3. The average molecular weight is 194 g/mol. The van der Waals surface area contributed by atoms with Crippen LogP contribution in [-0.2, 0) is 5.60 Å². The van der Waals surface area contributed by atoms with Crippen molar-refractivity contribution in [2.75, 3.05) is 0 Å². The minimum atomic E-state index is -1.02. The minimum Gasteiger partial charge on any atom is -0.382 e.